The SMILES string of the molecule is C=C/N=C\C=C\c1c(C)c(/C=C\C)c(-c2nc3cc4ccccc4cc3c3ccc4ccccc4c23)c(C)c1/C=C\C. The van der Waals surface area contributed by atoms with Gasteiger partial charge in [-0.15, -0.1) is 0 Å². The van der Waals surface area contributed by atoms with Gasteiger partial charge in [0.25, 0.3) is 0 Å². The molecule has 0 aliphatic heterocycles. The van der Waals surface area contributed by atoms with Gasteiger partial charge in [0.1, 0.15) is 0 Å². The Morgan fingerprint density at radius 2 is 1.33 bits per heavy atom. The molecule has 0 saturated heterocycles. The summed E-state index contributed by atoms with van der Waals surface area (Å²) in [6.45, 7) is 12.3. The van der Waals surface area contributed by atoms with E-state index < -0.39 is 0 Å². The van der Waals surface area contributed by atoms with Gasteiger partial charge in [-0.1, -0.05) is 97.6 Å². The molecule has 0 spiro atoms. The zero-order chi connectivity index (χ0) is 29.2. The van der Waals surface area contributed by atoms with Crippen molar-refractivity contribution in [2.45, 2.75) is 27.7 Å². The van der Waals surface area contributed by atoms with Gasteiger partial charge in [-0.25, -0.2) is 4.98 Å². The lowest BCUT2D eigenvalue weighted by atomic mass is 9.83. The number of hydrogen-bond donors (Lipinski definition) is 0. The summed E-state index contributed by atoms with van der Waals surface area (Å²) in [4.78, 5) is 9.69. The van der Waals surface area contributed by atoms with Gasteiger partial charge in [0, 0.05) is 28.8 Å². The highest BCUT2D eigenvalue weighted by molar-refractivity contribution is 6.23. The average molecular weight is 543 g/mol. The van der Waals surface area contributed by atoms with E-state index in [0.29, 0.717) is 0 Å². The van der Waals surface area contributed by atoms with Crippen molar-refractivity contribution in [3.63, 3.8) is 0 Å². The van der Waals surface area contributed by atoms with Crippen molar-refractivity contribution in [3.8, 4) is 11.3 Å². The summed E-state index contributed by atoms with van der Waals surface area (Å²) in [5.41, 5.74) is 9.17. The van der Waals surface area contributed by atoms with Crippen LogP contribution in [0.4, 0.5) is 0 Å². The molecule has 0 saturated carbocycles. The maximum atomic E-state index is 5.53. The molecule has 0 fully saturated rings. The van der Waals surface area contributed by atoms with Crippen LogP contribution in [-0.2, 0) is 0 Å². The van der Waals surface area contributed by atoms with Crippen molar-refractivity contribution < 1.29 is 0 Å². The standard InChI is InChI=1S/C40H34N2/c1-6-14-31-27(5)38(33(15-7-2)26(4)32(31)20-13-23-41-8-3)40-39-34-19-12-11-16-28(34)21-22-35(39)36-24-29-17-9-10-18-30(29)25-37(36)42-40/h6-25H,3H2,1-2,4-5H3/b14-6-,15-7-,20-13+,41-23-. The van der Waals surface area contributed by atoms with Gasteiger partial charge < -0.3 is 0 Å². The minimum absolute atomic E-state index is 1.01. The lowest BCUT2D eigenvalue weighted by Gasteiger charge is -2.22. The van der Waals surface area contributed by atoms with Gasteiger partial charge in [-0.2, -0.15) is 0 Å². The van der Waals surface area contributed by atoms with Gasteiger partial charge in [0.2, 0.25) is 0 Å². The number of allylic oxidation sites excluding steroid dienone is 3. The quantitative estimate of drug-likeness (QED) is 0.117. The summed E-state index contributed by atoms with van der Waals surface area (Å²) in [6, 6.07) is 26.3. The average Bonchev–Trinajstić information content (AvgIpc) is 3.01. The Bertz CT molecular complexity index is 2140. The predicted octanol–water partition coefficient (Wildman–Crippen LogP) is 11.3. The van der Waals surface area contributed by atoms with Gasteiger partial charge in [0.05, 0.1) is 11.2 Å². The van der Waals surface area contributed by atoms with E-state index in [2.05, 4.69) is 142 Å². The van der Waals surface area contributed by atoms with Crippen LogP contribution in [-0.4, -0.2) is 11.2 Å². The van der Waals surface area contributed by atoms with E-state index in [1.54, 1.807) is 12.4 Å². The van der Waals surface area contributed by atoms with Crippen LogP contribution in [0.25, 0.3) is 72.7 Å². The Hall–Kier alpha value is -5.08. The van der Waals surface area contributed by atoms with Crippen molar-refractivity contribution in [1.82, 2.24) is 4.98 Å². The second-order valence-corrected chi connectivity index (χ2v) is 10.6. The van der Waals surface area contributed by atoms with Crippen molar-refractivity contribution in [2.24, 2.45) is 4.99 Å². The molecule has 1 aromatic heterocycles. The number of benzene rings is 5. The zero-order valence-electron chi connectivity index (χ0n) is 24.6. The van der Waals surface area contributed by atoms with Crippen LogP contribution in [0.5, 0.6) is 0 Å². The normalized spacial score (nSPS) is 12.5. The van der Waals surface area contributed by atoms with E-state index >= 15 is 0 Å². The molecule has 0 amide bonds. The second-order valence-electron chi connectivity index (χ2n) is 10.6. The van der Waals surface area contributed by atoms with E-state index in [4.69, 9.17) is 4.98 Å². The first-order chi connectivity index (χ1) is 20.6. The van der Waals surface area contributed by atoms with E-state index in [1.165, 1.54) is 71.1 Å². The second kappa shape index (κ2) is 11.4. The number of fused-ring (bicyclic) bond motifs is 6. The van der Waals surface area contributed by atoms with Gasteiger partial charge >= 0.3 is 0 Å². The van der Waals surface area contributed by atoms with Crippen LogP contribution in [0, 0.1) is 13.8 Å². The molecule has 6 aromatic rings. The number of aromatic nitrogens is 1. The third-order valence-electron chi connectivity index (χ3n) is 8.14. The molecule has 6 rings (SSSR count). The fourth-order valence-electron chi connectivity index (χ4n) is 6.24. The number of rotatable bonds is 6. The highest BCUT2D eigenvalue weighted by atomic mass is 14.7. The summed E-state index contributed by atoms with van der Waals surface area (Å²) in [5, 5.41) is 8.44. The molecule has 2 heteroatoms. The van der Waals surface area contributed by atoms with E-state index in [1.807, 2.05) is 6.08 Å². The van der Waals surface area contributed by atoms with Crippen LogP contribution in [0.1, 0.15) is 41.7 Å². The number of aliphatic imine (C=N–C) groups is 1. The molecule has 0 bridgehead atoms. The maximum Gasteiger partial charge on any atom is 0.0803 e. The molecule has 0 aliphatic carbocycles. The molecule has 5 aromatic carbocycles. The lowest BCUT2D eigenvalue weighted by molar-refractivity contribution is 1.31. The smallest absolute Gasteiger partial charge is 0.0803 e. The molecule has 0 unspecified atom stereocenters. The van der Waals surface area contributed by atoms with Crippen molar-refractivity contribution in [3.05, 3.63) is 132 Å². The summed E-state index contributed by atoms with van der Waals surface area (Å²) in [5.74, 6) is 0. The first kappa shape index (κ1) is 27.1. The first-order valence-electron chi connectivity index (χ1n) is 14.4. The molecule has 2 nitrogen and oxygen atoms in total. The van der Waals surface area contributed by atoms with Crippen molar-refractivity contribution in [1.29, 1.82) is 0 Å². The summed E-state index contributed by atoms with van der Waals surface area (Å²) in [7, 11) is 0. The Kier molecular flexibility index (Phi) is 7.37. The Morgan fingerprint density at radius 1 is 0.667 bits per heavy atom. The Labute approximate surface area is 247 Å². The fraction of sp³-hybridized carbons (Fsp3) is 0.100. The third kappa shape index (κ3) is 4.55. The third-order valence-corrected chi connectivity index (χ3v) is 8.14. The molecule has 0 N–H and O–H groups in total. The molecular weight excluding hydrogens is 508 g/mol. The minimum Gasteiger partial charge on any atom is -0.265 e. The van der Waals surface area contributed by atoms with Gasteiger partial charge in [-0.3, -0.25) is 4.99 Å². The van der Waals surface area contributed by atoms with E-state index in [0.717, 1.165) is 11.2 Å². The zero-order valence-corrected chi connectivity index (χ0v) is 24.6. The van der Waals surface area contributed by atoms with Crippen molar-refractivity contribution in [2.75, 3.05) is 0 Å². The summed E-state index contributed by atoms with van der Waals surface area (Å²) in [6.07, 6.45) is 16.1. The van der Waals surface area contributed by atoms with E-state index in [9.17, 15) is 0 Å². The molecular formula is C40H34N2. The highest BCUT2D eigenvalue weighted by Gasteiger charge is 2.22. The van der Waals surface area contributed by atoms with Gasteiger partial charge in [-0.05, 0) is 101 Å². The van der Waals surface area contributed by atoms with Crippen LogP contribution >= 0.6 is 0 Å². The summed E-state index contributed by atoms with van der Waals surface area (Å²) < 4.78 is 0. The van der Waals surface area contributed by atoms with Gasteiger partial charge in [0.15, 0.2) is 0 Å². The fourth-order valence-corrected chi connectivity index (χ4v) is 6.24. The molecule has 0 atom stereocenters. The van der Waals surface area contributed by atoms with Crippen LogP contribution < -0.4 is 0 Å². The molecule has 204 valence electrons. The molecule has 1 heterocycles. The minimum atomic E-state index is 1.01. The largest absolute Gasteiger partial charge is 0.265 e. The molecule has 0 aliphatic rings. The Balaban J connectivity index is 1.82. The number of nitrogens with zero attached hydrogens (tertiary/aromatic N) is 2. The van der Waals surface area contributed by atoms with Crippen LogP contribution in [0.2, 0.25) is 0 Å². The number of pyridine rings is 1. The summed E-state index contributed by atoms with van der Waals surface area (Å²) >= 11 is 0. The monoisotopic (exact) mass is 542 g/mol. The lowest BCUT2D eigenvalue weighted by Crippen LogP contribution is -2.03. The highest BCUT2D eigenvalue weighted by Crippen LogP contribution is 2.43. The molecule has 0 radical (unpaired) electrons. The van der Waals surface area contributed by atoms with Crippen LogP contribution in [0.3, 0.4) is 0 Å². The Morgan fingerprint density at radius 3 is 2.07 bits per heavy atom. The molecule has 42 heavy (non-hydrogen) atoms. The maximum absolute atomic E-state index is 5.53. The topological polar surface area (TPSA) is 25.2 Å². The van der Waals surface area contributed by atoms with Crippen molar-refractivity contribution >= 4 is 67.7 Å². The first-order valence-corrected chi connectivity index (χ1v) is 14.4. The van der Waals surface area contributed by atoms with E-state index in [-0.39, 0.29) is 0 Å². The predicted molar refractivity (Wildman–Crippen MR) is 186 cm³/mol. The number of hydrogen-bond acceptors (Lipinski definition) is 2. The van der Waals surface area contributed by atoms with Crippen LogP contribution in [0.15, 0.2) is 109 Å².